The monoisotopic (exact) mass is 429 g/mol. The summed E-state index contributed by atoms with van der Waals surface area (Å²) in [6, 6.07) is 12.3. The van der Waals surface area contributed by atoms with E-state index in [4.69, 9.17) is 0 Å². The van der Waals surface area contributed by atoms with Crippen LogP contribution in [0.25, 0.3) is 0 Å². The fourth-order valence-electron chi connectivity index (χ4n) is 5.41. The van der Waals surface area contributed by atoms with Crippen LogP contribution in [0.5, 0.6) is 0 Å². The summed E-state index contributed by atoms with van der Waals surface area (Å²) >= 11 is 0. The molecule has 0 spiro atoms. The van der Waals surface area contributed by atoms with Crippen molar-refractivity contribution in [3.05, 3.63) is 64.7 Å². The molecule has 2 amide bonds. The number of carbonyl (C=O) groups excluding carboxylic acids is 3. The van der Waals surface area contributed by atoms with Crippen molar-refractivity contribution in [3.8, 4) is 0 Å². The van der Waals surface area contributed by atoms with Crippen LogP contribution in [0.2, 0.25) is 0 Å². The van der Waals surface area contributed by atoms with Crippen molar-refractivity contribution in [3.63, 3.8) is 0 Å². The van der Waals surface area contributed by atoms with Gasteiger partial charge >= 0.3 is 0 Å². The number of aryl methyl sites for hydroxylation is 2. The molecule has 0 bridgehead atoms. The van der Waals surface area contributed by atoms with Gasteiger partial charge in [-0.05, 0) is 36.6 Å². The first-order chi connectivity index (χ1) is 15.1. The molecule has 2 aromatic rings. The highest BCUT2D eigenvalue weighted by Gasteiger charge is 2.66. The Hall–Kier alpha value is -3.28. The minimum atomic E-state index is -0.776. The van der Waals surface area contributed by atoms with E-state index < -0.39 is 29.3 Å². The first-order valence-corrected chi connectivity index (χ1v) is 11.0. The lowest BCUT2D eigenvalue weighted by atomic mass is 9.79. The molecule has 32 heavy (non-hydrogen) atoms. The number of benzene rings is 2. The number of nitrogens with zero attached hydrogens (tertiary/aromatic N) is 3. The standard InChI is InChI=1S/C26H27N3O3/c1-14-10-11-18(15(2)12-14)28-24(31)19-20(25(28)32)22(23(30)26(3,4)5)29-21(19)17-9-7-6-8-16(17)13-27-29/h6-13,19-22H,1-5H3/t19-,20+,21+,22-/m0/s1. The van der Waals surface area contributed by atoms with E-state index in [2.05, 4.69) is 5.10 Å². The van der Waals surface area contributed by atoms with E-state index in [-0.39, 0.29) is 17.6 Å². The summed E-state index contributed by atoms with van der Waals surface area (Å²) in [7, 11) is 0. The third kappa shape index (κ3) is 2.78. The number of hydrogen-bond donors (Lipinski definition) is 0. The number of fused-ring (bicyclic) bond motifs is 5. The molecule has 2 aromatic carbocycles. The fourth-order valence-corrected chi connectivity index (χ4v) is 5.41. The maximum absolute atomic E-state index is 13.8. The van der Waals surface area contributed by atoms with Gasteiger partial charge in [-0.1, -0.05) is 62.7 Å². The SMILES string of the molecule is Cc1ccc(N2C(=O)[C@@H]3[C@H](C2=O)[C@H]2c4ccccc4C=NN2[C@@H]3C(=O)C(C)(C)C)c(C)c1. The minimum absolute atomic E-state index is 0.0739. The molecule has 3 aliphatic heterocycles. The molecule has 0 unspecified atom stereocenters. The lowest BCUT2D eigenvalue weighted by Gasteiger charge is -2.35. The molecule has 4 atom stereocenters. The van der Waals surface area contributed by atoms with Gasteiger partial charge in [0.1, 0.15) is 6.04 Å². The largest absolute Gasteiger partial charge is 0.297 e. The third-order valence-corrected chi connectivity index (χ3v) is 6.89. The molecule has 2 saturated heterocycles. The topological polar surface area (TPSA) is 70.1 Å². The van der Waals surface area contributed by atoms with Crippen LogP contribution >= 0.6 is 0 Å². The molecule has 0 aliphatic carbocycles. The molecule has 6 heteroatoms. The summed E-state index contributed by atoms with van der Waals surface area (Å²) in [5.74, 6) is -2.05. The quantitative estimate of drug-likeness (QED) is 0.681. The van der Waals surface area contributed by atoms with Gasteiger partial charge in [-0.25, -0.2) is 4.90 Å². The van der Waals surface area contributed by atoms with Crippen LogP contribution in [0.1, 0.15) is 49.1 Å². The number of amides is 2. The van der Waals surface area contributed by atoms with E-state index >= 15 is 0 Å². The zero-order valence-electron chi connectivity index (χ0n) is 19.0. The van der Waals surface area contributed by atoms with Crippen molar-refractivity contribution in [2.24, 2.45) is 22.4 Å². The van der Waals surface area contributed by atoms with Gasteiger partial charge in [0, 0.05) is 5.41 Å². The van der Waals surface area contributed by atoms with Crippen molar-refractivity contribution in [1.82, 2.24) is 5.01 Å². The second kappa shape index (κ2) is 6.86. The van der Waals surface area contributed by atoms with E-state index in [1.54, 1.807) is 11.2 Å². The Kier molecular flexibility index (Phi) is 4.42. The van der Waals surface area contributed by atoms with Gasteiger partial charge in [-0.15, -0.1) is 0 Å². The van der Waals surface area contributed by atoms with E-state index in [0.717, 1.165) is 22.3 Å². The summed E-state index contributed by atoms with van der Waals surface area (Å²) in [4.78, 5) is 42.5. The number of anilines is 1. The Morgan fingerprint density at radius 2 is 1.66 bits per heavy atom. The number of Topliss-reactive ketones (excluding diaryl/α,β-unsaturated/α-hetero) is 1. The number of ketones is 1. The fraction of sp³-hybridized carbons (Fsp3) is 0.385. The highest BCUT2D eigenvalue weighted by Crippen LogP contribution is 2.53. The van der Waals surface area contributed by atoms with Crippen LogP contribution < -0.4 is 4.90 Å². The molecule has 0 saturated carbocycles. The Bertz CT molecular complexity index is 1190. The van der Waals surface area contributed by atoms with Crippen LogP contribution in [0.3, 0.4) is 0 Å². The van der Waals surface area contributed by atoms with Gasteiger partial charge in [0.05, 0.1) is 29.8 Å². The number of carbonyl (C=O) groups is 3. The highest BCUT2D eigenvalue weighted by atomic mass is 16.2. The van der Waals surface area contributed by atoms with Crippen molar-refractivity contribution in [1.29, 1.82) is 0 Å². The first-order valence-electron chi connectivity index (χ1n) is 11.0. The molecule has 3 heterocycles. The van der Waals surface area contributed by atoms with Gasteiger partial charge in [-0.3, -0.25) is 19.4 Å². The van der Waals surface area contributed by atoms with Crippen LogP contribution in [0.4, 0.5) is 5.69 Å². The van der Waals surface area contributed by atoms with Gasteiger partial charge in [0.25, 0.3) is 0 Å². The predicted molar refractivity (Wildman–Crippen MR) is 122 cm³/mol. The second-order valence-corrected chi connectivity index (χ2v) is 10.1. The summed E-state index contributed by atoms with van der Waals surface area (Å²) in [6.07, 6.45) is 1.73. The van der Waals surface area contributed by atoms with Crippen LogP contribution in [-0.4, -0.2) is 34.9 Å². The average molecular weight is 430 g/mol. The van der Waals surface area contributed by atoms with Crippen LogP contribution in [0, 0.1) is 31.1 Å². The molecular formula is C26H27N3O3. The first kappa shape index (κ1) is 20.6. The van der Waals surface area contributed by atoms with E-state index in [9.17, 15) is 14.4 Å². The van der Waals surface area contributed by atoms with Crippen molar-refractivity contribution in [2.75, 3.05) is 4.90 Å². The second-order valence-electron chi connectivity index (χ2n) is 10.1. The van der Waals surface area contributed by atoms with Crippen molar-refractivity contribution in [2.45, 2.75) is 46.7 Å². The number of imide groups is 1. The van der Waals surface area contributed by atoms with Crippen LogP contribution in [-0.2, 0) is 14.4 Å². The number of hydrogen-bond acceptors (Lipinski definition) is 5. The molecule has 164 valence electrons. The lowest BCUT2D eigenvalue weighted by molar-refractivity contribution is -0.136. The van der Waals surface area contributed by atoms with Crippen molar-refractivity contribution < 1.29 is 14.4 Å². The summed E-state index contributed by atoms with van der Waals surface area (Å²) < 4.78 is 0. The summed E-state index contributed by atoms with van der Waals surface area (Å²) in [5, 5.41) is 6.31. The maximum Gasteiger partial charge on any atom is 0.240 e. The maximum atomic E-state index is 13.8. The third-order valence-electron chi connectivity index (χ3n) is 6.89. The molecule has 6 nitrogen and oxygen atoms in total. The number of rotatable bonds is 2. The highest BCUT2D eigenvalue weighted by molar-refractivity contribution is 6.24. The molecule has 0 radical (unpaired) electrons. The van der Waals surface area contributed by atoms with E-state index in [1.165, 1.54) is 4.90 Å². The predicted octanol–water partition coefficient (Wildman–Crippen LogP) is 3.80. The van der Waals surface area contributed by atoms with Gasteiger partial charge in [0.2, 0.25) is 11.8 Å². The Morgan fingerprint density at radius 1 is 0.969 bits per heavy atom. The zero-order chi connectivity index (χ0) is 22.9. The average Bonchev–Trinajstić information content (AvgIpc) is 3.20. The molecule has 0 N–H and O–H groups in total. The summed E-state index contributed by atoms with van der Waals surface area (Å²) in [5.41, 5.74) is 3.71. The van der Waals surface area contributed by atoms with E-state index in [0.29, 0.717) is 5.69 Å². The van der Waals surface area contributed by atoms with Crippen molar-refractivity contribution >= 4 is 29.5 Å². The van der Waals surface area contributed by atoms with E-state index in [1.807, 2.05) is 77.1 Å². The normalized spacial score (nSPS) is 26.3. The van der Waals surface area contributed by atoms with Gasteiger partial charge < -0.3 is 0 Å². The van der Waals surface area contributed by atoms with Crippen LogP contribution in [0.15, 0.2) is 47.6 Å². The summed E-state index contributed by atoms with van der Waals surface area (Å²) in [6.45, 7) is 9.43. The lowest BCUT2D eigenvalue weighted by Crippen LogP contribution is -2.48. The molecule has 2 fully saturated rings. The molecular weight excluding hydrogens is 402 g/mol. The Morgan fingerprint density at radius 3 is 2.34 bits per heavy atom. The minimum Gasteiger partial charge on any atom is -0.297 e. The Labute approximate surface area is 187 Å². The molecule has 0 aromatic heterocycles. The smallest absolute Gasteiger partial charge is 0.240 e. The van der Waals surface area contributed by atoms with Gasteiger partial charge in [-0.2, -0.15) is 5.10 Å². The number of hydrazone groups is 1. The molecule has 3 aliphatic rings. The van der Waals surface area contributed by atoms with Gasteiger partial charge in [0.15, 0.2) is 5.78 Å². The Balaban J connectivity index is 1.68. The zero-order valence-corrected chi connectivity index (χ0v) is 19.0. The molecule has 5 rings (SSSR count).